The summed E-state index contributed by atoms with van der Waals surface area (Å²) in [6.45, 7) is 10.4. The highest BCUT2D eigenvalue weighted by Crippen LogP contribution is 2.69. The average molecular weight is 782 g/mol. The summed E-state index contributed by atoms with van der Waals surface area (Å²) in [5, 5.41) is 52.0. The number of para-hydroxylation sites is 1. The van der Waals surface area contributed by atoms with Gasteiger partial charge in [0.2, 0.25) is 5.91 Å². The van der Waals surface area contributed by atoms with E-state index in [0.717, 1.165) is 53.4 Å². The summed E-state index contributed by atoms with van der Waals surface area (Å²) in [5.41, 5.74) is 3.96. The molecule has 11 atom stereocenters. The van der Waals surface area contributed by atoms with Gasteiger partial charge < -0.3 is 31.1 Å². The molecule has 4 aliphatic rings. The number of aliphatic hydroxyl groups is 3. The molecule has 4 fully saturated rings. The van der Waals surface area contributed by atoms with Crippen molar-refractivity contribution in [3.05, 3.63) is 70.9 Å². The van der Waals surface area contributed by atoms with Crippen LogP contribution in [0.1, 0.15) is 119 Å². The second-order valence-corrected chi connectivity index (χ2v) is 18.9. The second-order valence-electron chi connectivity index (χ2n) is 18.9. The lowest BCUT2D eigenvalue weighted by Gasteiger charge is -2.64. The van der Waals surface area contributed by atoms with Gasteiger partial charge in [0.15, 0.2) is 5.78 Å². The van der Waals surface area contributed by atoms with Crippen LogP contribution in [0, 0.1) is 53.3 Å². The van der Waals surface area contributed by atoms with E-state index < -0.39 is 23.8 Å². The third-order valence-corrected chi connectivity index (χ3v) is 15.7. The highest BCUT2D eigenvalue weighted by Gasteiger charge is 2.66. The normalized spacial score (nSPS) is 33.8. The molecule has 4 aliphatic carbocycles. The van der Waals surface area contributed by atoms with E-state index in [4.69, 9.17) is 5.11 Å². The van der Waals surface area contributed by atoms with Crippen LogP contribution >= 0.6 is 0 Å². The van der Waals surface area contributed by atoms with Crippen molar-refractivity contribution in [1.29, 1.82) is 0 Å². The highest BCUT2D eigenvalue weighted by atomic mass is 16.4. The van der Waals surface area contributed by atoms with E-state index in [1.54, 1.807) is 6.92 Å². The zero-order valence-corrected chi connectivity index (χ0v) is 34.4. The van der Waals surface area contributed by atoms with E-state index in [2.05, 4.69) is 60.7 Å². The first-order valence-electron chi connectivity index (χ1n) is 21.3. The van der Waals surface area contributed by atoms with Crippen LogP contribution in [0.5, 0.6) is 0 Å². The summed E-state index contributed by atoms with van der Waals surface area (Å²) in [4.78, 5) is 40.5. The number of aromatic nitrogens is 1. The lowest BCUT2D eigenvalue weighted by Crippen LogP contribution is -2.63. The van der Waals surface area contributed by atoms with Crippen molar-refractivity contribution >= 4 is 34.3 Å². The molecule has 0 aliphatic heterocycles. The standard InChI is InChI=1S/C47H63N3O7/c1-27(13-16-40(54)48-26-41(55)56)34-14-15-35-43-36(23-39(53)46(34,35)5)45(4)19-20-47(57,24-32(45)22-38(43)52)18-17-30-9-8-10-31(21-30)25-49-44-33-11-6-7-12-37(33)50-28(2)42(44)29(3)51/h6-12,21,27,32,34-36,38-39,43,52-53,57H,13-20,22-26H2,1-5H3,(H,48,54)(H,49,50)(H,55,56)/t27-,32?,34-,35?,36?,38?,39+,43?,45+,46-,47-/m1/s1. The molecule has 0 saturated heterocycles. The molecule has 3 aromatic rings. The molecule has 10 heteroatoms. The number of amides is 1. The Morgan fingerprint density at radius 2 is 1.74 bits per heavy atom. The van der Waals surface area contributed by atoms with E-state index in [1.165, 1.54) is 0 Å². The number of benzene rings is 2. The van der Waals surface area contributed by atoms with E-state index in [9.17, 15) is 29.7 Å². The first-order valence-corrected chi connectivity index (χ1v) is 21.3. The number of hydrogen-bond donors (Lipinski definition) is 6. The molecular formula is C47H63N3O7. The van der Waals surface area contributed by atoms with E-state index in [0.29, 0.717) is 56.3 Å². The Kier molecular flexibility index (Phi) is 11.6. The molecule has 0 spiro atoms. The summed E-state index contributed by atoms with van der Waals surface area (Å²) >= 11 is 0. The van der Waals surface area contributed by atoms with Gasteiger partial charge in [-0.3, -0.25) is 19.4 Å². The average Bonchev–Trinajstić information content (AvgIpc) is 3.53. The van der Waals surface area contributed by atoms with Crippen LogP contribution < -0.4 is 10.6 Å². The largest absolute Gasteiger partial charge is 0.480 e. The third kappa shape index (κ3) is 7.86. The maximum Gasteiger partial charge on any atom is 0.322 e. The molecular weight excluding hydrogens is 719 g/mol. The summed E-state index contributed by atoms with van der Waals surface area (Å²) in [7, 11) is 0. The molecule has 0 radical (unpaired) electrons. The highest BCUT2D eigenvalue weighted by molar-refractivity contribution is 6.08. The number of carbonyl (C=O) groups is 3. The molecule has 4 saturated carbocycles. The first kappa shape index (κ1) is 41.3. The maximum absolute atomic E-state index is 12.7. The van der Waals surface area contributed by atoms with E-state index >= 15 is 0 Å². The minimum absolute atomic E-state index is 0.0210. The number of nitrogens with one attached hydrogen (secondary N) is 2. The minimum atomic E-state index is -1.06. The number of carboxylic acid groups (broad SMARTS) is 1. The number of aryl methyl sites for hydroxylation is 2. The SMILES string of the molecule is CC(=O)c1c(C)nc2ccccc2c1NCc1cccc(CC[C@@]2(O)CC[C@@]3(C)C(CC(O)C4C3C[C@H](O)[C@@]3(C)C4CC[C@@H]3[C@H](C)CCC(=O)NCC(=O)O)C2)c1. The predicted molar refractivity (Wildman–Crippen MR) is 221 cm³/mol. The van der Waals surface area contributed by atoms with Crippen LogP contribution in [0.2, 0.25) is 0 Å². The Morgan fingerprint density at radius 3 is 2.49 bits per heavy atom. The molecule has 6 N–H and O–H groups in total. The van der Waals surface area contributed by atoms with Gasteiger partial charge in [-0.2, -0.15) is 0 Å². The Balaban J connectivity index is 0.989. The lowest BCUT2D eigenvalue weighted by molar-refractivity contribution is -0.216. The maximum atomic E-state index is 12.7. The van der Waals surface area contributed by atoms with Crippen molar-refractivity contribution in [2.45, 2.75) is 130 Å². The van der Waals surface area contributed by atoms with Crippen LogP contribution in [-0.4, -0.2) is 67.4 Å². The number of carboxylic acids is 1. The van der Waals surface area contributed by atoms with Gasteiger partial charge in [-0.05, 0) is 142 Å². The van der Waals surface area contributed by atoms with Crippen molar-refractivity contribution in [3.63, 3.8) is 0 Å². The number of fused-ring (bicyclic) bond motifs is 6. The van der Waals surface area contributed by atoms with Crippen LogP contribution in [0.25, 0.3) is 10.9 Å². The fourth-order valence-corrected chi connectivity index (χ4v) is 12.7. The van der Waals surface area contributed by atoms with Gasteiger partial charge >= 0.3 is 5.97 Å². The van der Waals surface area contributed by atoms with Crippen molar-refractivity contribution in [3.8, 4) is 0 Å². The van der Waals surface area contributed by atoms with Gasteiger partial charge in [0.05, 0.1) is 40.3 Å². The molecule has 0 bridgehead atoms. The van der Waals surface area contributed by atoms with Gasteiger partial charge in [0.25, 0.3) is 0 Å². The van der Waals surface area contributed by atoms with Gasteiger partial charge in [-0.15, -0.1) is 0 Å². The zero-order chi connectivity index (χ0) is 40.9. The minimum Gasteiger partial charge on any atom is -0.480 e. The molecule has 2 aromatic carbocycles. The molecule has 308 valence electrons. The molecule has 1 amide bonds. The van der Waals surface area contributed by atoms with Crippen LogP contribution in [0.15, 0.2) is 48.5 Å². The number of nitrogens with zero attached hydrogens (tertiary/aromatic N) is 1. The van der Waals surface area contributed by atoms with Crippen LogP contribution in [-0.2, 0) is 22.6 Å². The van der Waals surface area contributed by atoms with Crippen LogP contribution in [0.4, 0.5) is 5.69 Å². The van der Waals surface area contributed by atoms with E-state index in [1.807, 2.05) is 31.2 Å². The fraction of sp³-hybridized carbons (Fsp3) is 0.617. The molecule has 5 unspecified atom stereocenters. The smallest absolute Gasteiger partial charge is 0.322 e. The Bertz CT molecular complexity index is 2000. The number of Topliss-reactive ketones (excluding diaryl/α,β-unsaturated/α-hetero) is 1. The molecule has 10 nitrogen and oxygen atoms in total. The topological polar surface area (TPSA) is 169 Å². The summed E-state index contributed by atoms with van der Waals surface area (Å²) in [6.07, 6.45) is 6.68. The van der Waals surface area contributed by atoms with E-state index in [-0.39, 0.29) is 71.0 Å². The van der Waals surface area contributed by atoms with Crippen molar-refractivity contribution in [1.82, 2.24) is 10.3 Å². The Morgan fingerprint density at radius 1 is 0.982 bits per heavy atom. The van der Waals surface area contributed by atoms with Gasteiger partial charge in [0.1, 0.15) is 6.54 Å². The number of aliphatic carboxylic acids is 1. The number of hydrogen-bond acceptors (Lipinski definition) is 8. The third-order valence-electron chi connectivity index (χ3n) is 15.7. The van der Waals surface area contributed by atoms with Gasteiger partial charge in [-0.1, -0.05) is 63.2 Å². The summed E-state index contributed by atoms with van der Waals surface area (Å²) in [5.74, 6) is -0.330. The number of carbonyl (C=O) groups excluding carboxylic acids is 2. The number of anilines is 1. The Hall–Kier alpha value is -3.86. The predicted octanol–water partition coefficient (Wildman–Crippen LogP) is 7.24. The molecule has 1 heterocycles. The quantitative estimate of drug-likeness (QED) is 0.0980. The second kappa shape index (κ2) is 16.1. The number of rotatable bonds is 13. The van der Waals surface area contributed by atoms with Crippen molar-refractivity contribution in [2.75, 3.05) is 11.9 Å². The van der Waals surface area contributed by atoms with Crippen LogP contribution in [0.3, 0.4) is 0 Å². The molecule has 57 heavy (non-hydrogen) atoms. The van der Waals surface area contributed by atoms with Gasteiger partial charge in [0, 0.05) is 18.4 Å². The lowest BCUT2D eigenvalue weighted by atomic mass is 9.42. The van der Waals surface area contributed by atoms with Crippen molar-refractivity contribution in [2.24, 2.45) is 46.3 Å². The number of aliphatic hydroxyl groups excluding tert-OH is 2. The number of ketones is 1. The monoisotopic (exact) mass is 781 g/mol. The zero-order valence-electron chi connectivity index (χ0n) is 34.4. The Labute approximate surface area is 337 Å². The van der Waals surface area contributed by atoms with Gasteiger partial charge in [-0.25, -0.2) is 0 Å². The summed E-state index contributed by atoms with van der Waals surface area (Å²) in [6, 6.07) is 16.3. The fourth-order valence-electron chi connectivity index (χ4n) is 12.7. The first-order chi connectivity index (χ1) is 27.0. The molecule has 7 rings (SSSR count). The molecule has 1 aromatic heterocycles. The van der Waals surface area contributed by atoms with Crippen molar-refractivity contribution < 1.29 is 34.8 Å². The summed E-state index contributed by atoms with van der Waals surface area (Å²) < 4.78 is 0. The number of pyridine rings is 1.